The van der Waals surface area contributed by atoms with Gasteiger partial charge in [0.15, 0.2) is 0 Å². The molecule has 0 radical (unpaired) electrons. The summed E-state index contributed by atoms with van der Waals surface area (Å²) >= 11 is 5.92. The van der Waals surface area contributed by atoms with Crippen molar-refractivity contribution in [2.24, 2.45) is 0 Å². The molecule has 1 N–H and O–H groups in total. The molecule has 0 bridgehead atoms. The molecule has 0 aliphatic carbocycles. The number of rotatable bonds is 6. The smallest absolute Gasteiger partial charge is 0.270 e. The second kappa shape index (κ2) is 8.26. The van der Waals surface area contributed by atoms with Gasteiger partial charge in [0.1, 0.15) is 0 Å². The lowest BCUT2D eigenvalue weighted by atomic mass is 10.0. The van der Waals surface area contributed by atoms with Crippen LogP contribution in [0.15, 0.2) is 42.5 Å². The Bertz CT molecular complexity index is 1030. The maximum Gasteiger partial charge on any atom is 0.270 e. The summed E-state index contributed by atoms with van der Waals surface area (Å²) in [7, 11) is -3.56. The molecule has 148 valence electrons. The van der Waals surface area contributed by atoms with E-state index in [9.17, 15) is 23.3 Å². The number of fused-ring (bicyclic) bond motifs is 1. The van der Waals surface area contributed by atoms with Crippen LogP contribution in [-0.2, 0) is 23.0 Å². The standard InChI is InChI=1S/C18H18ClN3O5S/c19-17-6-5-15(22(24)25)11-16(17)18(23)20-8-10-28(26,27)21-9-7-13-3-1-2-4-14(13)12-21/h1-6,11H,7-10,12H2,(H,20,23). The topological polar surface area (TPSA) is 110 Å². The molecule has 3 rings (SSSR count). The molecule has 0 aromatic heterocycles. The maximum absolute atomic E-state index is 12.6. The fraction of sp³-hybridized carbons (Fsp3) is 0.278. The molecule has 8 nitrogen and oxygen atoms in total. The van der Waals surface area contributed by atoms with E-state index < -0.39 is 20.9 Å². The first-order chi connectivity index (χ1) is 13.3. The molecule has 1 aliphatic rings. The van der Waals surface area contributed by atoms with Gasteiger partial charge >= 0.3 is 0 Å². The largest absolute Gasteiger partial charge is 0.351 e. The number of hydrogen-bond donors (Lipinski definition) is 1. The summed E-state index contributed by atoms with van der Waals surface area (Å²) in [4.78, 5) is 22.4. The SMILES string of the molecule is O=C(NCCS(=O)(=O)N1CCc2ccccc2C1)c1cc([N+](=O)[O-])ccc1Cl. The molecule has 0 unspecified atom stereocenters. The third-order valence-electron chi connectivity index (χ3n) is 4.54. The van der Waals surface area contributed by atoms with Gasteiger partial charge in [-0.3, -0.25) is 14.9 Å². The van der Waals surface area contributed by atoms with Crippen molar-refractivity contribution in [1.82, 2.24) is 9.62 Å². The molecule has 28 heavy (non-hydrogen) atoms. The quantitative estimate of drug-likeness (QED) is 0.566. The fourth-order valence-corrected chi connectivity index (χ4v) is 4.55. The van der Waals surface area contributed by atoms with Gasteiger partial charge in [0.25, 0.3) is 11.6 Å². The molecule has 0 spiro atoms. The first-order valence-corrected chi connectivity index (χ1v) is 10.5. The minimum Gasteiger partial charge on any atom is -0.351 e. The summed E-state index contributed by atoms with van der Waals surface area (Å²) in [5.41, 5.74) is 1.78. The van der Waals surface area contributed by atoms with Gasteiger partial charge in [-0.25, -0.2) is 8.42 Å². The third-order valence-corrected chi connectivity index (χ3v) is 6.69. The highest BCUT2D eigenvalue weighted by atomic mass is 35.5. The van der Waals surface area contributed by atoms with Gasteiger partial charge in [-0.05, 0) is 23.6 Å². The molecule has 1 heterocycles. The van der Waals surface area contributed by atoms with E-state index in [1.807, 2.05) is 24.3 Å². The van der Waals surface area contributed by atoms with Crippen molar-refractivity contribution in [2.45, 2.75) is 13.0 Å². The number of nitrogens with one attached hydrogen (secondary N) is 1. The van der Waals surface area contributed by atoms with Gasteiger partial charge in [0, 0.05) is 31.8 Å². The van der Waals surface area contributed by atoms with Gasteiger partial charge < -0.3 is 5.32 Å². The van der Waals surface area contributed by atoms with Gasteiger partial charge in [-0.2, -0.15) is 4.31 Å². The zero-order valence-electron chi connectivity index (χ0n) is 14.8. The lowest BCUT2D eigenvalue weighted by molar-refractivity contribution is -0.384. The predicted molar refractivity (Wildman–Crippen MR) is 105 cm³/mol. The maximum atomic E-state index is 12.6. The minimum atomic E-state index is -3.56. The normalized spacial score (nSPS) is 14.3. The van der Waals surface area contributed by atoms with E-state index in [0.29, 0.717) is 19.5 Å². The van der Waals surface area contributed by atoms with E-state index in [2.05, 4.69) is 5.32 Å². The van der Waals surface area contributed by atoms with Crippen LogP contribution in [0.5, 0.6) is 0 Å². The Balaban J connectivity index is 1.61. The average Bonchev–Trinajstić information content (AvgIpc) is 2.67. The van der Waals surface area contributed by atoms with Crippen LogP contribution in [0.2, 0.25) is 5.02 Å². The number of amides is 1. The molecule has 0 saturated carbocycles. The number of nitrogens with zero attached hydrogens (tertiary/aromatic N) is 2. The average molecular weight is 424 g/mol. The highest BCUT2D eigenvalue weighted by molar-refractivity contribution is 7.89. The lowest BCUT2D eigenvalue weighted by Crippen LogP contribution is -2.40. The number of carbonyl (C=O) groups excluding carboxylic acids is 1. The Hall–Kier alpha value is -2.49. The van der Waals surface area contributed by atoms with Crippen LogP contribution in [0, 0.1) is 10.1 Å². The molecule has 1 aliphatic heterocycles. The highest BCUT2D eigenvalue weighted by Crippen LogP contribution is 2.22. The van der Waals surface area contributed by atoms with E-state index >= 15 is 0 Å². The molecule has 10 heteroatoms. The summed E-state index contributed by atoms with van der Waals surface area (Å²) in [6, 6.07) is 11.2. The second-order valence-corrected chi connectivity index (χ2v) is 8.84. The number of benzene rings is 2. The van der Waals surface area contributed by atoms with Crippen molar-refractivity contribution >= 4 is 33.2 Å². The molecule has 0 fully saturated rings. The van der Waals surface area contributed by atoms with Gasteiger partial charge in [-0.1, -0.05) is 35.9 Å². The van der Waals surface area contributed by atoms with Gasteiger partial charge in [-0.15, -0.1) is 0 Å². The van der Waals surface area contributed by atoms with E-state index in [0.717, 1.165) is 17.2 Å². The zero-order chi connectivity index (χ0) is 20.3. The minimum absolute atomic E-state index is 0.0543. The molecule has 1 amide bonds. The molecular weight excluding hydrogens is 406 g/mol. The number of non-ortho nitro benzene ring substituents is 1. The molecule has 0 atom stereocenters. The van der Waals surface area contributed by atoms with E-state index in [4.69, 9.17) is 11.6 Å². The van der Waals surface area contributed by atoms with Crippen molar-refractivity contribution < 1.29 is 18.1 Å². The van der Waals surface area contributed by atoms with Crippen LogP contribution in [-0.4, -0.2) is 42.4 Å². The van der Waals surface area contributed by atoms with Crippen LogP contribution in [0.25, 0.3) is 0 Å². The first-order valence-electron chi connectivity index (χ1n) is 8.54. The molecule has 2 aromatic rings. The highest BCUT2D eigenvalue weighted by Gasteiger charge is 2.26. The zero-order valence-corrected chi connectivity index (χ0v) is 16.4. The molecular formula is C18H18ClN3O5S. The Morgan fingerprint density at radius 1 is 1.21 bits per heavy atom. The van der Waals surface area contributed by atoms with Crippen LogP contribution in [0.1, 0.15) is 21.5 Å². The number of halogens is 1. The summed E-state index contributed by atoms with van der Waals surface area (Å²) in [5, 5.41) is 13.4. The van der Waals surface area contributed by atoms with Crippen molar-refractivity contribution in [3.8, 4) is 0 Å². The number of nitro groups is 1. The van der Waals surface area contributed by atoms with Crippen LogP contribution in [0.3, 0.4) is 0 Å². The van der Waals surface area contributed by atoms with Crippen LogP contribution in [0.4, 0.5) is 5.69 Å². The summed E-state index contributed by atoms with van der Waals surface area (Å²) in [6.45, 7) is 0.575. The third kappa shape index (κ3) is 4.49. The van der Waals surface area contributed by atoms with Crippen molar-refractivity contribution in [2.75, 3.05) is 18.8 Å². The van der Waals surface area contributed by atoms with Crippen molar-refractivity contribution in [3.05, 3.63) is 74.3 Å². The summed E-state index contributed by atoms with van der Waals surface area (Å²) in [6.07, 6.45) is 0.644. The van der Waals surface area contributed by atoms with E-state index in [1.54, 1.807) is 0 Å². The summed E-state index contributed by atoms with van der Waals surface area (Å²) < 4.78 is 26.6. The van der Waals surface area contributed by atoms with E-state index in [-0.39, 0.29) is 28.6 Å². The molecule has 2 aromatic carbocycles. The van der Waals surface area contributed by atoms with Crippen LogP contribution < -0.4 is 5.32 Å². The van der Waals surface area contributed by atoms with Gasteiger partial charge in [0.05, 0.1) is 21.3 Å². The number of carbonyl (C=O) groups is 1. The summed E-state index contributed by atoms with van der Waals surface area (Å²) in [5.74, 6) is -0.930. The van der Waals surface area contributed by atoms with Crippen molar-refractivity contribution in [3.63, 3.8) is 0 Å². The Morgan fingerprint density at radius 2 is 1.93 bits per heavy atom. The monoisotopic (exact) mass is 423 g/mol. The van der Waals surface area contributed by atoms with Crippen molar-refractivity contribution in [1.29, 1.82) is 0 Å². The number of nitro benzene ring substituents is 1. The number of sulfonamides is 1. The van der Waals surface area contributed by atoms with Crippen LogP contribution >= 0.6 is 11.6 Å². The lowest BCUT2D eigenvalue weighted by Gasteiger charge is -2.28. The fourth-order valence-electron chi connectivity index (χ4n) is 3.03. The Morgan fingerprint density at radius 3 is 2.64 bits per heavy atom. The predicted octanol–water partition coefficient (Wildman–Crippen LogP) is 2.37. The second-order valence-electron chi connectivity index (χ2n) is 6.35. The number of hydrogen-bond acceptors (Lipinski definition) is 5. The van der Waals surface area contributed by atoms with Gasteiger partial charge in [0.2, 0.25) is 10.0 Å². The van der Waals surface area contributed by atoms with E-state index in [1.165, 1.54) is 16.4 Å². The first kappa shape index (κ1) is 20.2. The Labute approximate surface area is 167 Å². The molecule has 0 saturated heterocycles. The Kier molecular flexibility index (Phi) is 5.97.